The molecule has 134 valence electrons. The van der Waals surface area contributed by atoms with Crippen molar-refractivity contribution in [3.05, 3.63) is 41.1 Å². The second kappa shape index (κ2) is 5.73. The minimum absolute atomic E-state index is 0.00107. The largest absolute Gasteiger partial charge is 0.454 e. The molecule has 0 saturated heterocycles. The Morgan fingerprint density at radius 2 is 2.12 bits per heavy atom. The first-order valence-electron chi connectivity index (χ1n) is 7.38. The van der Waals surface area contributed by atoms with Gasteiger partial charge in [0.1, 0.15) is 5.76 Å². The van der Waals surface area contributed by atoms with Gasteiger partial charge in [0.2, 0.25) is 0 Å². The van der Waals surface area contributed by atoms with Gasteiger partial charge in [-0.15, -0.1) is 0 Å². The Bertz CT molecular complexity index is 839. The number of hydrogen-bond donors (Lipinski definition) is 1. The molecule has 0 aromatic carbocycles. The Balaban J connectivity index is 1.81. The van der Waals surface area contributed by atoms with E-state index in [-0.39, 0.29) is 17.3 Å². The molecule has 3 rings (SSSR count). The molecule has 1 amide bonds. The predicted octanol–water partition coefficient (Wildman–Crippen LogP) is 2.22. The fourth-order valence-corrected chi connectivity index (χ4v) is 2.55. The van der Waals surface area contributed by atoms with Gasteiger partial charge in [-0.05, 0) is 32.0 Å². The highest BCUT2D eigenvalue weighted by molar-refractivity contribution is 5.93. The standard InChI is InChI=1S/C15H15F3N4O3/c1-9-7-10(2)21(20-9)8-11-3-4-12(25-11)13(23)22-14(24,5-6-19-22)15(16,17)18/h3-4,6-7,24H,5,8H2,1-2H3. The summed E-state index contributed by atoms with van der Waals surface area (Å²) in [6.45, 7) is 3.89. The van der Waals surface area contributed by atoms with Crippen molar-refractivity contribution in [1.29, 1.82) is 0 Å². The van der Waals surface area contributed by atoms with Crippen molar-refractivity contribution < 1.29 is 27.5 Å². The molecule has 0 radical (unpaired) electrons. The monoisotopic (exact) mass is 356 g/mol. The Morgan fingerprint density at radius 1 is 1.40 bits per heavy atom. The number of halogens is 3. The van der Waals surface area contributed by atoms with Crippen LogP contribution in [0.15, 0.2) is 27.7 Å². The molecule has 1 atom stereocenters. The summed E-state index contributed by atoms with van der Waals surface area (Å²) in [4.78, 5) is 12.3. The number of carbonyl (C=O) groups excluding carboxylic acids is 1. The van der Waals surface area contributed by atoms with Crippen molar-refractivity contribution in [1.82, 2.24) is 14.8 Å². The Kier molecular flexibility index (Phi) is 3.94. The number of furan rings is 1. The van der Waals surface area contributed by atoms with Gasteiger partial charge in [-0.25, -0.2) is 0 Å². The molecule has 1 N–H and O–H groups in total. The number of aryl methyl sites for hydroxylation is 2. The molecule has 7 nitrogen and oxygen atoms in total. The predicted molar refractivity (Wildman–Crippen MR) is 79.8 cm³/mol. The van der Waals surface area contributed by atoms with Gasteiger partial charge in [-0.3, -0.25) is 9.48 Å². The zero-order chi connectivity index (χ0) is 18.4. The Hall–Kier alpha value is -2.62. The first-order valence-corrected chi connectivity index (χ1v) is 7.38. The van der Waals surface area contributed by atoms with Gasteiger partial charge in [0.25, 0.3) is 5.72 Å². The van der Waals surface area contributed by atoms with Gasteiger partial charge in [-0.2, -0.15) is 28.4 Å². The molecule has 2 aromatic heterocycles. The molecule has 1 aliphatic heterocycles. The lowest BCUT2D eigenvalue weighted by atomic mass is 10.1. The van der Waals surface area contributed by atoms with E-state index in [0.29, 0.717) is 5.76 Å². The third kappa shape index (κ3) is 2.93. The summed E-state index contributed by atoms with van der Waals surface area (Å²) in [5.74, 6) is -1.18. The normalized spacial score (nSPS) is 20.5. The van der Waals surface area contributed by atoms with Crippen molar-refractivity contribution in [3.8, 4) is 0 Å². The summed E-state index contributed by atoms with van der Waals surface area (Å²) in [7, 11) is 0. The van der Waals surface area contributed by atoms with E-state index < -0.39 is 24.2 Å². The summed E-state index contributed by atoms with van der Waals surface area (Å²) in [6.07, 6.45) is -5.04. The summed E-state index contributed by atoms with van der Waals surface area (Å²) in [5, 5.41) is 17.4. The van der Waals surface area contributed by atoms with Crippen molar-refractivity contribution in [2.75, 3.05) is 0 Å². The lowest BCUT2D eigenvalue weighted by molar-refractivity contribution is -0.297. The lowest BCUT2D eigenvalue weighted by Crippen LogP contribution is -2.56. The van der Waals surface area contributed by atoms with Crippen LogP contribution in [0, 0.1) is 13.8 Å². The number of nitrogens with zero attached hydrogens (tertiary/aromatic N) is 4. The van der Waals surface area contributed by atoms with Gasteiger partial charge in [0.15, 0.2) is 5.76 Å². The Morgan fingerprint density at radius 3 is 2.72 bits per heavy atom. The molecule has 2 aromatic rings. The molecule has 25 heavy (non-hydrogen) atoms. The topological polar surface area (TPSA) is 83.9 Å². The van der Waals surface area contributed by atoms with E-state index >= 15 is 0 Å². The molecule has 0 saturated carbocycles. The van der Waals surface area contributed by atoms with Crippen molar-refractivity contribution in [3.63, 3.8) is 0 Å². The highest BCUT2D eigenvalue weighted by Crippen LogP contribution is 2.39. The maximum Gasteiger partial charge on any atom is 0.438 e. The summed E-state index contributed by atoms with van der Waals surface area (Å²) in [5.41, 5.74) is -1.69. The zero-order valence-electron chi connectivity index (χ0n) is 13.4. The number of amides is 1. The van der Waals surface area contributed by atoms with Crippen LogP contribution in [0.4, 0.5) is 13.2 Å². The number of alkyl halides is 3. The molecule has 0 bridgehead atoms. The van der Waals surface area contributed by atoms with Gasteiger partial charge in [0, 0.05) is 18.3 Å². The quantitative estimate of drug-likeness (QED) is 0.914. The first kappa shape index (κ1) is 17.2. The minimum atomic E-state index is -5.04. The average Bonchev–Trinajstić information content (AvgIpc) is 3.19. The summed E-state index contributed by atoms with van der Waals surface area (Å²) < 4.78 is 46.1. The number of hydrogen-bond acceptors (Lipinski definition) is 5. The molecular formula is C15H15F3N4O3. The third-order valence-corrected chi connectivity index (χ3v) is 3.85. The van der Waals surface area contributed by atoms with Gasteiger partial charge >= 0.3 is 12.1 Å². The second-order valence-electron chi connectivity index (χ2n) is 5.78. The zero-order valence-corrected chi connectivity index (χ0v) is 13.4. The van der Waals surface area contributed by atoms with E-state index in [9.17, 15) is 23.1 Å². The molecule has 0 spiro atoms. The molecule has 0 fully saturated rings. The van der Waals surface area contributed by atoms with E-state index in [1.807, 2.05) is 19.9 Å². The number of rotatable bonds is 3. The van der Waals surface area contributed by atoms with Crippen LogP contribution in [0.25, 0.3) is 0 Å². The van der Waals surface area contributed by atoms with Crippen LogP contribution in [-0.2, 0) is 6.54 Å². The van der Waals surface area contributed by atoms with Crippen LogP contribution < -0.4 is 0 Å². The first-order chi connectivity index (χ1) is 11.6. The smallest absolute Gasteiger partial charge is 0.438 e. The van der Waals surface area contributed by atoms with Crippen molar-refractivity contribution in [2.45, 2.75) is 38.7 Å². The molecule has 3 heterocycles. The summed E-state index contributed by atoms with van der Waals surface area (Å²) in [6, 6.07) is 4.57. The van der Waals surface area contributed by atoms with Crippen LogP contribution in [-0.4, -0.2) is 43.9 Å². The third-order valence-electron chi connectivity index (χ3n) is 3.85. The lowest BCUT2D eigenvalue weighted by Gasteiger charge is -2.31. The average molecular weight is 356 g/mol. The molecular weight excluding hydrogens is 341 g/mol. The minimum Gasteiger partial charge on any atom is -0.454 e. The van der Waals surface area contributed by atoms with Crippen LogP contribution in [0.3, 0.4) is 0 Å². The maximum absolute atomic E-state index is 13.0. The molecule has 1 aliphatic rings. The number of carbonyl (C=O) groups is 1. The van der Waals surface area contributed by atoms with Crippen molar-refractivity contribution >= 4 is 12.1 Å². The Labute approximate surface area is 140 Å². The molecule has 0 aliphatic carbocycles. The van der Waals surface area contributed by atoms with E-state index in [2.05, 4.69) is 10.2 Å². The number of aromatic nitrogens is 2. The molecule has 10 heteroatoms. The van der Waals surface area contributed by atoms with Gasteiger partial charge in [-0.1, -0.05) is 0 Å². The van der Waals surface area contributed by atoms with Crippen LogP contribution >= 0.6 is 0 Å². The van der Waals surface area contributed by atoms with E-state index in [0.717, 1.165) is 17.6 Å². The fourth-order valence-electron chi connectivity index (χ4n) is 2.55. The van der Waals surface area contributed by atoms with E-state index in [4.69, 9.17) is 4.42 Å². The highest BCUT2D eigenvalue weighted by Gasteiger charge is 2.61. The van der Waals surface area contributed by atoms with Crippen LogP contribution in [0.2, 0.25) is 0 Å². The van der Waals surface area contributed by atoms with Gasteiger partial charge in [0.05, 0.1) is 12.2 Å². The molecule has 1 unspecified atom stereocenters. The fraction of sp³-hybridized carbons (Fsp3) is 0.400. The van der Waals surface area contributed by atoms with Crippen LogP contribution in [0.1, 0.15) is 34.1 Å². The van der Waals surface area contributed by atoms with E-state index in [1.165, 1.54) is 12.1 Å². The van der Waals surface area contributed by atoms with Crippen molar-refractivity contribution in [2.24, 2.45) is 5.10 Å². The summed E-state index contributed by atoms with van der Waals surface area (Å²) >= 11 is 0. The number of hydrazone groups is 1. The second-order valence-corrected chi connectivity index (χ2v) is 5.78. The van der Waals surface area contributed by atoms with Crippen LogP contribution in [0.5, 0.6) is 0 Å². The van der Waals surface area contributed by atoms with Gasteiger partial charge < -0.3 is 9.52 Å². The van der Waals surface area contributed by atoms with E-state index in [1.54, 1.807) is 4.68 Å². The number of aliphatic hydroxyl groups is 1. The SMILES string of the molecule is Cc1cc(C)n(Cc2ccc(C(=O)N3N=CCC3(O)C(F)(F)F)o2)n1. The highest BCUT2D eigenvalue weighted by atomic mass is 19.4. The maximum atomic E-state index is 13.0.